The Morgan fingerprint density at radius 1 is 1.33 bits per heavy atom. The standard InChI is InChI=1S/C16H26N2O2S/c1-10-11(2)16(21-13(10)4)17-15(20)9-18-7-5-14(6-8-18)12(3)19/h12,14,19H,5-9H2,1-4H3,(H,17,20). The van der Waals surface area contributed by atoms with Gasteiger partial charge in [-0.25, -0.2) is 0 Å². The van der Waals surface area contributed by atoms with Crippen LogP contribution in [0.3, 0.4) is 0 Å². The van der Waals surface area contributed by atoms with Crippen molar-refractivity contribution in [2.24, 2.45) is 5.92 Å². The van der Waals surface area contributed by atoms with Crippen LogP contribution >= 0.6 is 11.3 Å². The second kappa shape index (κ2) is 6.90. The lowest BCUT2D eigenvalue weighted by molar-refractivity contribution is -0.117. The van der Waals surface area contributed by atoms with E-state index in [0.29, 0.717) is 12.5 Å². The molecular weight excluding hydrogens is 284 g/mol. The largest absolute Gasteiger partial charge is 0.393 e. The first kappa shape index (κ1) is 16.5. The molecule has 1 unspecified atom stereocenters. The summed E-state index contributed by atoms with van der Waals surface area (Å²) in [5.41, 5.74) is 2.45. The van der Waals surface area contributed by atoms with Gasteiger partial charge in [0, 0.05) is 4.88 Å². The van der Waals surface area contributed by atoms with Crippen molar-refractivity contribution in [1.29, 1.82) is 0 Å². The van der Waals surface area contributed by atoms with Crippen LogP contribution in [0.15, 0.2) is 0 Å². The fraction of sp³-hybridized carbons (Fsp3) is 0.688. The number of thiophene rings is 1. The number of aliphatic hydroxyl groups is 1. The van der Waals surface area contributed by atoms with Crippen LogP contribution < -0.4 is 5.32 Å². The SMILES string of the molecule is Cc1sc(NC(=O)CN2CCC(C(C)O)CC2)c(C)c1C. The molecular formula is C16H26N2O2S. The van der Waals surface area contributed by atoms with Gasteiger partial charge in [0.25, 0.3) is 0 Å². The van der Waals surface area contributed by atoms with E-state index in [9.17, 15) is 9.90 Å². The smallest absolute Gasteiger partial charge is 0.239 e. The highest BCUT2D eigenvalue weighted by Crippen LogP contribution is 2.31. The van der Waals surface area contributed by atoms with Crippen LogP contribution in [0.1, 0.15) is 35.8 Å². The van der Waals surface area contributed by atoms with E-state index < -0.39 is 0 Å². The first-order valence-electron chi connectivity index (χ1n) is 7.65. The van der Waals surface area contributed by atoms with Crippen molar-refractivity contribution < 1.29 is 9.90 Å². The molecule has 118 valence electrons. The molecule has 0 spiro atoms. The molecule has 5 heteroatoms. The minimum Gasteiger partial charge on any atom is -0.393 e. The van der Waals surface area contributed by atoms with Gasteiger partial charge in [-0.3, -0.25) is 9.69 Å². The van der Waals surface area contributed by atoms with E-state index >= 15 is 0 Å². The van der Waals surface area contributed by atoms with Crippen LogP contribution in [-0.4, -0.2) is 41.7 Å². The molecule has 2 heterocycles. The minimum absolute atomic E-state index is 0.0647. The molecule has 0 aliphatic carbocycles. The number of carbonyl (C=O) groups is 1. The molecule has 0 saturated carbocycles. The van der Waals surface area contributed by atoms with E-state index in [1.165, 1.54) is 16.0 Å². The second-order valence-corrected chi connectivity index (χ2v) is 7.36. The highest BCUT2D eigenvalue weighted by molar-refractivity contribution is 7.16. The van der Waals surface area contributed by atoms with Crippen molar-refractivity contribution in [2.45, 2.75) is 46.6 Å². The van der Waals surface area contributed by atoms with Crippen LogP contribution in [0.25, 0.3) is 0 Å². The van der Waals surface area contributed by atoms with Gasteiger partial charge >= 0.3 is 0 Å². The molecule has 1 aliphatic rings. The molecule has 2 rings (SSSR count). The topological polar surface area (TPSA) is 52.6 Å². The van der Waals surface area contributed by atoms with Gasteiger partial charge in [-0.2, -0.15) is 0 Å². The zero-order valence-corrected chi connectivity index (χ0v) is 14.2. The second-order valence-electron chi connectivity index (χ2n) is 6.14. The average Bonchev–Trinajstić information content (AvgIpc) is 2.67. The zero-order valence-electron chi connectivity index (χ0n) is 13.4. The van der Waals surface area contributed by atoms with Crippen molar-refractivity contribution in [3.05, 3.63) is 16.0 Å². The first-order chi connectivity index (χ1) is 9.88. The number of nitrogens with one attached hydrogen (secondary N) is 1. The normalized spacial score (nSPS) is 18.7. The molecule has 0 radical (unpaired) electrons. The number of aliphatic hydroxyl groups excluding tert-OH is 1. The van der Waals surface area contributed by atoms with Crippen molar-refractivity contribution >= 4 is 22.2 Å². The van der Waals surface area contributed by atoms with Gasteiger partial charge in [0.15, 0.2) is 0 Å². The van der Waals surface area contributed by atoms with Crippen LogP contribution in [0, 0.1) is 26.7 Å². The van der Waals surface area contributed by atoms with Crippen molar-refractivity contribution in [1.82, 2.24) is 4.90 Å². The Balaban J connectivity index is 1.84. The number of carbonyl (C=O) groups excluding carboxylic acids is 1. The molecule has 0 bridgehead atoms. The van der Waals surface area contributed by atoms with Crippen LogP contribution in [0.5, 0.6) is 0 Å². The Morgan fingerprint density at radius 3 is 2.43 bits per heavy atom. The number of anilines is 1. The summed E-state index contributed by atoms with van der Waals surface area (Å²) in [5, 5.41) is 13.6. The number of piperidine rings is 1. The van der Waals surface area contributed by atoms with Crippen molar-refractivity contribution in [2.75, 3.05) is 25.0 Å². The predicted molar refractivity (Wildman–Crippen MR) is 88.0 cm³/mol. The number of amides is 1. The third-order valence-electron chi connectivity index (χ3n) is 4.62. The van der Waals surface area contributed by atoms with Gasteiger partial charge in [0.2, 0.25) is 5.91 Å². The third kappa shape index (κ3) is 4.05. The summed E-state index contributed by atoms with van der Waals surface area (Å²) < 4.78 is 0. The maximum absolute atomic E-state index is 12.2. The molecule has 1 aromatic heterocycles. The van der Waals surface area contributed by atoms with Gasteiger partial charge in [0.05, 0.1) is 17.6 Å². The zero-order chi connectivity index (χ0) is 15.6. The number of nitrogens with zero attached hydrogens (tertiary/aromatic N) is 1. The average molecular weight is 310 g/mol. The lowest BCUT2D eigenvalue weighted by Gasteiger charge is -2.32. The molecule has 0 aromatic carbocycles. The molecule has 1 aliphatic heterocycles. The number of hydrogen-bond donors (Lipinski definition) is 2. The Kier molecular flexibility index (Phi) is 5.41. The van der Waals surface area contributed by atoms with Crippen molar-refractivity contribution in [3.63, 3.8) is 0 Å². The molecule has 1 saturated heterocycles. The number of aryl methyl sites for hydroxylation is 1. The van der Waals surface area contributed by atoms with E-state index in [4.69, 9.17) is 0 Å². The van der Waals surface area contributed by atoms with E-state index in [1.54, 1.807) is 11.3 Å². The van der Waals surface area contributed by atoms with E-state index in [-0.39, 0.29) is 12.0 Å². The monoisotopic (exact) mass is 310 g/mol. The lowest BCUT2D eigenvalue weighted by Crippen LogP contribution is -2.41. The summed E-state index contributed by atoms with van der Waals surface area (Å²) in [7, 11) is 0. The number of hydrogen-bond acceptors (Lipinski definition) is 4. The fourth-order valence-corrected chi connectivity index (χ4v) is 3.91. The van der Waals surface area contributed by atoms with E-state index in [1.807, 2.05) is 6.92 Å². The van der Waals surface area contributed by atoms with Gasteiger partial charge in [-0.1, -0.05) is 0 Å². The molecule has 4 nitrogen and oxygen atoms in total. The Labute approximate surface area is 131 Å². The Hall–Kier alpha value is -0.910. The quantitative estimate of drug-likeness (QED) is 0.899. The summed E-state index contributed by atoms with van der Waals surface area (Å²) >= 11 is 1.65. The first-order valence-corrected chi connectivity index (χ1v) is 8.47. The van der Waals surface area contributed by atoms with E-state index in [0.717, 1.165) is 30.9 Å². The van der Waals surface area contributed by atoms with Gasteiger partial charge < -0.3 is 10.4 Å². The highest BCUT2D eigenvalue weighted by atomic mass is 32.1. The summed E-state index contributed by atoms with van der Waals surface area (Å²) in [6.07, 6.45) is 1.71. The molecule has 1 amide bonds. The Morgan fingerprint density at radius 2 is 1.95 bits per heavy atom. The molecule has 2 N–H and O–H groups in total. The van der Waals surface area contributed by atoms with Crippen LogP contribution in [0.4, 0.5) is 5.00 Å². The molecule has 1 aromatic rings. The Bertz CT molecular complexity index is 503. The summed E-state index contributed by atoms with van der Waals surface area (Å²) in [6, 6.07) is 0. The number of rotatable bonds is 4. The maximum atomic E-state index is 12.2. The van der Waals surface area contributed by atoms with Gasteiger partial charge in [-0.05, 0) is 70.7 Å². The molecule has 1 atom stereocenters. The van der Waals surface area contributed by atoms with Gasteiger partial charge in [0.1, 0.15) is 0 Å². The predicted octanol–water partition coefficient (Wildman–Crippen LogP) is 2.70. The highest BCUT2D eigenvalue weighted by Gasteiger charge is 2.24. The fourth-order valence-electron chi connectivity index (χ4n) is 2.82. The summed E-state index contributed by atoms with van der Waals surface area (Å²) in [6.45, 7) is 10.3. The molecule has 1 fully saturated rings. The van der Waals surface area contributed by atoms with Crippen LogP contribution in [-0.2, 0) is 4.79 Å². The van der Waals surface area contributed by atoms with Gasteiger partial charge in [-0.15, -0.1) is 11.3 Å². The summed E-state index contributed by atoms with van der Waals surface area (Å²) in [5.74, 6) is 0.448. The van der Waals surface area contributed by atoms with Crippen LogP contribution in [0.2, 0.25) is 0 Å². The maximum Gasteiger partial charge on any atom is 0.239 e. The number of likely N-dealkylation sites (tertiary alicyclic amines) is 1. The lowest BCUT2D eigenvalue weighted by atomic mass is 9.92. The molecule has 21 heavy (non-hydrogen) atoms. The summed E-state index contributed by atoms with van der Waals surface area (Å²) in [4.78, 5) is 15.6. The van der Waals surface area contributed by atoms with Crippen molar-refractivity contribution in [3.8, 4) is 0 Å². The minimum atomic E-state index is -0.235. The third-order valence-corrected chi connectivity index (χ3v) is 5.85. The van der Waals surface area contributed by atoms with E-state index in [2.05, 4.69) is 31.0 Å².